The predicted octanol–water partition coefficient (Wildman–Crippen LogP) is 1.29. The van der Waals surface area contributed by atoms with E-state index in [-0.39, 0.29) is 11.8 Å². The molecule has 0 spiro atoms. The van der Waals surface area contributed by atoms with Gasteiger partial charge in [-0.3, -0.25) is 9.59 Å². The van der Waals surface area contributed by atoms with Crippen molar-refractivity contribution in [1.29, 1.82) is 0 Å². The van der Waals surface area contributed by atoms with Crippen LogP contribution in [0.1, 0.15) is 31.7 Å². The summed E-state index contributed by atoms with van der Waals surface area (Å²) in [6.45, 7) is 2.22. The van der Waals surface area contributed by atoms with Crippen molar-refractivity contribution in [3.63, 3.8) is 0 Å². The van der Waals surface area contributed by atoms with Gasteiger partial charge in [0.05, 0.1) is 0 Å². The first-order chi connectivity index (χ1) is 11.5. The summed E-state index contributed by atoms with van der Waals surface area (Å²) >= 11 is 0. The molecule has 1 aromatic rings. The summed E-state index contributed by atoms with van der Waals surface area (Å²) in [4.78, 5) is 40.0. The van der Waals surface area contributed by atoms with Gasteiger partial charge >= 0.3 is 5.97 Å². The number of rotatable bonds is 5. The van der Waals surface area contributed by atoms with Crippen LogP contribution in [-0.4, -0.2) is 57.4 Å². The van der Waals surface area contributed by atoms with E-state index < -0.39 is 24.1 Å². The van der Waals surface area contributed by atoms with Crippen LogP contribution in [0.25, 0.3) is 0 Å². The van der Waals surface area contributed by atoms with Crippen molar-refractivity contribution < 1.29 is 19.5 Å². The fourth-order valence-corrected chi connectivity index (χ4v) is 3.76. The Morgan fingerprint density at radius 3 is 2.62 bits per heavy atom. The zero-order valence-corrected chi connectivity index (χ0v) is 13.7. The number of piperazine rings is 1. The van der Waals surface area contributed by atoms with Crippen molar-refractivity contribution in [2.24, 2.45) is 0 Å². The summed E-state index contributed by atoms with van der Waals surface area (Å²) in [5.41, 5.74) is 1.02. The number of amides is 2. The van der Waals surface area contributed by atoms with Crippen LogP contribution in [0.2, 0.25) is 0 Å². The lowest BCUT2D eigenvalue weighted by molar-refractivity contribution is -0.166. The van der Waals surface area contributed by atoms with E-state index in [0.717, 1.165) is 12.0 Å². The summed E-state index contributed by atoms with van der Waals surface area (Å²) in [7, 11) is 0. The number of nitrogens with zero attached hydrogens (tertiary/aromatic N) is 2. The number of hydrogen-bond acceptors (Lipinski definition) is 3. The van der Waals surface area contributed by atoms with Gasteiger partial charge in [0.2, 0.25) is 11.8 Å². The molecule has 0 radical (unpaired) electrons. The lowest BCUT2D eigenvalue weighted by Crippen LogP contribution is -2.65. The quantitative estimate of drug-likeness (QED) is 0.882. The fourth-order valence-electron chi connectivity index (χ4n) is 3.76. The van der Waals surface area contributed by atoms with Crippen molar-refractivity contribution >= 4 is 17.8 Å². The van der Waals surface area contributed by atoms with Crippen LogP contribution in [0.5, 0.6) is 0 Å². The maximum Gasteiger partial charge on any atom is 0.326 e. The van der Waals surface area contributed by atoms with Gasteiger partial charge in [0.1, 0.15) is 18.1 Å². The Balaban J connectivity index is 1.80. The van der Waals surface area contributed by atoms with Gasteiger partial charge in [-0.15, -0.1) is 0 Å². The number of carbonyl (C=O) groups excluding carboxylic acids is 2. The number of benzene rings is 1. The highest BCUT2D eigenvalue weighted by atomic mass is 16.4. The molecule has 2 aliphatic rings. The fraction of sp³-hybridized carbons (Fsp3) is 0.500. The van der Waals surface area contributed by atoms with E-state index >= 15 is 0 Å². The summed E-state index contributed by atoms with van der Waals surface area (Å²) < 4.78 is 0. The Kier molecular flexibility index (Phi) is 4.55. The number of aliphatic carboxylic acids is 1. The predicted molar refractivity (Wildman–Crippen MR) is 87.2 cm³/mol. The molecule has 2 unspecified atom stereocenters. The van der Waals surface area contributed by atoms with Gasteiger partial charge in [0.15, 0.2) is 0 Å². The smallest absolute Gasteiger partial charge is 0.326 e. The van der Waals surface area contributed by atoms with Crippen molar-refractivity contribution in [1.82, 2.24) is 9.80 Å². The molecule has 2 aliphatic heterocycles. The molecule has 6 heteroatoms. The third-order valence-corrected chi connectivity index (χ3v) is 5.02. The molecule has 0 saturated carbocycles. The molecular formula is C18H22N2O4. The molecule has 128 valence electrons. The molecular weight excluding hydrogens is 308 g/mol. The van der Waals surface area contributed by atoms with Crippen LogP contribution in [0.3, 0.4) is 0 Å². The average molecular weight is 330 g/mol. The standard InChI is InChI=1S/C18H22N2O4/c1-12-16(21)19-11-5-8-14(19)17(22)20(12)15(18(23)24)10-9-13-6-3-2-4-7-13/h2-4,6-7,12,14-15H,5,8-11H2,1H3,(H,23,24)/t12?,14-,15?/m0/s1. The summed E-state index contributed by atoms with van der Waals surface area (Å²) in [5.74, 6) is -1.41. The lowest BCUT2D eigenvalue weighted by Gasteiger charge is -2.43. The SMILES string of the molecule is CC1C(=O)N2CCC[C@H]2C(=O)N1C(CCc1ccccc1)C(=O)O. The Morgan fingerprint density at radius 2 is 1.96 bits per heavy atom. The van der Waals surface area contributed by atoms with Crippen molar-refractivity contribution in [2.75, 3.05) is 6.54 Å². The minimum absolute atomic E-state index is 0.136. The molecule has 1 N–H and O–H groups in total. The Labute approximate surface area is 141 Å². The molecule has 0 bridgehead atoms. The second kappa shape index (κ2) is 6.63. The summed E-state index contributed by atoms with van der Waals surface area (Å²) in [6, 6.07) is 7.41. The maximum absolute atomic E-state index is 12.8. The van der Waals surface area contributed by atoms with E-state index in [1.54, 1.807) is 11.8 Å². The van der Waals surface area contributed by atoms with E-state index in [2.05, 4.69) is 0 Å². The summed E-state index contributed by atoms with van der Waals surface area (Å²) in [6.07, 6.45) is 2.27. The molecule has 2 fully saturated rings. The molecule has 3 atom stereocenters. The number of aryl methyl sites for hydroxylation is 1. The topological polar surface area (TPSA) is 77.9 Å². The molecule has 2 saturated heterocycles. The van der Waals surface area contributed by atoms with Gasteiger partial charge in [-0.2, -0.15) is 0 Å². The Morgan fingerprint density at radius 1 is 1.25 bits per heavy atom. The molecule has 2 heterocycles. The van der Waals surface area contributed by atoms with Crippen molar-refractivity contribution in [2.45, 2.75) is 50.7 Å². The number of carbonyl (C=O) groups is 3. The third kappa shape index (κ3) is 2.88. The van der Waals surface area contributed by atoms with Crippen LogP contribution in [0.15, 0.2) is 30.3 Å². The third-order valence-electron chi connectivity index (χ3n) is 5.02. The van der Waals surface area contributed by atoms with Gasteiger partial charge in [0, 0.05) is 6.54 Å². The zero-order valence-electron chi connectivity index (χ0n) is 13.7. The minimum Gasteiger partial charge on any atom is -0.480 e. The molecule has 6 nitrogen and oxygen atoms in total. The first-order valence-corrected chi connectivity index (χ1v) is 8.40. The molecule has 0 aromatic heterocycles. The molecule has 0 aliphatic carbocycles. The number of carboxylic acid groups (broad SMARTS) is 1. The number of carboxylic acids is 1. The average Bonchev–Trinajstić information content (AvgIpc) is 3.06. The van der Waals surface area contributed by atoms with E-state index in [0.29, 0.717) is 25.8 Å². The van der Waals surface area contributed by atoms with Gasteiger partial charge in [0.25, 0.3) is 0 Å². The van der Waals surface area contributed by atoms with Gasteiger partial charge in [-0.25, -0.2) is 4.79 Å². The highest BCUT2D eigenvalue weighted by molar-refractivity contribution is 5.99. The largest absolute Gasteiger partial charge is 0.480 e. The van der Waals surface area contributed by atoms with Crippen molar-refractivity contribution in [3.05, 3.63) is 35.9 Å². The zero-order chi connectivity index (χ0) is 17.3. The van der Waals surface area contributed by atoms with Crippen LogP contribution in [0.4, 0.5) is 0 Å². The second-order valence-electron chi connectivity index (χ2n) is 6.49. The number of hydrogen-bond donors (Lipinski definition) is 1. The number of fused-ring (bicyclic) bond motifs is 1. The van der Waals surface area contributed by atoms with Gasteiger partial charge < -0.3 is 14.9 Å². The first-order valence-electron chi connectivity index (χ1n) is 8.40. The lowest BCUT2D eigenvalue weighted by atomic mass is 9.98. The monoisotopic (exact) mass is 330 g/mol. The van der Waals surface area contributed by atoms with Crippen molar-refractivity contribution in [3.8, 4) is 0 Å². The van der Waals surface area contributed by atoms with Crippen LogP contribution in [0, 0.1) is 0 Å². The van der Waals surface area contributed by atoms with Gasteiger partial charge in [-0.1, -0.05) is 30.3 Å². The normalized spacial score (nSPS) is 24.9. The summed E-state index contributed by atoms with van der Waals surface area (Å²) in [5, 5.41) is 9.65. The molecule has 3 rings (SSSR count). The van der Waals surface area contributed by atoms with Gasteiger partial charge in [-0.05, 0) is 38.2 Å². The highest BCUT2D eigenvalue weighted by Crippen LogP contribution is 2.29. The van der Waals surface area contributed by atoms with E-state index in [4.69, 9.17) is 0 Å². The van der Waals surface area contributed by atoms with Crippen LogP contribution in [-0.2, 0) is 20.8 Å². The van der Waals surface area contributed by atoms with E-state index in [1.165, 1.54) is 4.90 Å². The highest BCUT2D eigenvalue weighted by Gasteiger charge is 2.49. The van der Waals surface area contributed by atoms with Crippen LogP contribution >= 0.6 is 0 Å². The molecule has 24 heavy (non-hydrogen) atoms. The minimum atomic E-state index is -1.05. The second-order valence-corrected chi connectivity index (χ2v) is 6.49. The van der Waals surface area contributed by atoms with E-state index in [1.807, 2.05) is 30.3 Å². The first kappa shape index (κ1) is 16.5. The molecule has 1 aromatic carbocycles. The Hall–Kier alpha value is -2.37. The molecule has 2 amide bonds. The Bertz CT molecular complexity index is 646. The van der Waals surface area contributed by atoms with Crippen LogP contribution < -0.4 is 0 Å². The van der Waals surface area contributed by atoms with E-state index in [9.17, 15) is 19.5 Å². The maximum atomic E-state index is 12.8.